The van der Waals surface area contributed by atoms with Crippen LogP contribution in [0.4, 0.5) is 5.82 Å². The number of nitrogens with zero attached hydrogens (tertiary/aromatic N) is 2. The molecule has 1 aromatic heterocycles. The van der Waals surface area contributed by atoms with Crippen LogP contribution in [0.3, 0.4) is 0 Å². The highest BCUT2D eigenvalue weighted by Gasteiger charge is 2.02. The summed E-state index contributed by atoms with van der Waals surface area (Å²) in [6.45, 7) is 2.04. The molecule has 1 heterocycles. The third-order valence-corrected chi connectivity index (χ3v) is 3.52. The first-order chi connectivity index (χ1) is 11.2. The molecule has 0 fully saturated rings. The molecule has 3 aromatic rings. The number of phenols is 1. The molecule has 0 bridgehead atoms. The number of phenolic OH excluding ortho intramolecular Hbond substituents is 1. The van der Waals surface area contributed by atoms with Crippen molar-refractivity contribution in [3.05, 3.63) is 59.7 Å². The first-order valence-corrected chi connectivity index (χ1v) is 7.20. The lowest BCUT2D eigenvalue weighted by Gasteiger charge is -2.06. The molecule has 0 amide bonds. The van der Waals surface area contributed by atoms with Gasteiger partial charge in [-0.25, -0.2) is 4.98 Å². The van der Waals surface area contributed by atoms with Crippen molar-refractivity contribution in [2.24, 2.45) is 5.10 Å². The smallest absolute Gasteiger partial charge is 0.160 e. The van der Waals surface area contributed by atoms with E-state index in [4.69, 9.17) is 4.74 Å². The number of aromatic nitrogens is 1. The van der Waals surface area contributed by atoms with E-state index >= 15 is 0 Å². The van der Waals surface area contributed by atoms with Crippen LogP contribution in [0.1, 0.15) is 11.1 Å². The molecule has 0 saturated carbocycles. The predicted molar refractivity (Wildman–Crippen MR) is 92.4 cm³/mol. The number of fused-ring (bicyclic) bond motifs is 1. The van der Waals surface area contributed by atoms with Gasteiger partial charge in [-0.15, -0.1) is 0 Å². The minimum Gasteiger partial charge on any atom is -0.504 e. The Labute approximate surface area is 134 Å². The Morgan fingerprint density at radius 1 is 1.17 bits per heavy atom. The van der Waals surface area contributed by atoms with E-state index in [0.29, 0.717) is 11.6 Å². The van der Waals surface area contributed by atoms with Crippen molar-refractivity contribution in [1.29, 1.82) is 0 Å². The highest BCUT2D eigenvalue weighted by molar-refractivity contribution is 5.84. The summed E-state index contributed by atoms with van der Waals surface area (Å²) in [6.07, 6.45) is 1.62. The fraction of sp³-hybridized carbons (Fsp3) is 0.111. The number of aryl methyl sites for hydroxylation is 1. The number of ether oxygens (including phenoxy) is 1. The summed E-state index contributed by atoms with van der Waals surface area (Å²) >= 11 is 0. The van der Waals surface area contributed by atoms with Crippen molar-refractivity contribution >= 4 is 22.9 Å². The molecule has 116 valence electrons. The van der Waals surface area contributed by atoms with Crippen LogP contribution in [0.15, 0.2) is 53.6 Å². The van der Waals surface area contributed by atoms with Crippen LogP contribution in [0, 0.1) is 6.92 Å². The van der Waals surface area contributed by atoms with Crippen molar-refractivity contribution in [3.8, 4) is 11.5 Å². The molecule has 23 heavy (non-hydrogen) atoms. The lowest BCUT2D eigenvalue weighted by molar-refractivity contribution is 0.373. The van der Waals surface area contributed by atoms with Crippen molar-refractivity contribution < 1.29 is 9.84 Å². The maximum absolute atomic E-state index is 9.74. The number of hydrogen-bond acceptors (Lipinski definition) is 5. The van der Waals surface area contributed by atoms with E-state index in [-0.39, 0.29) is 5.75 Å². The Bertz CT molecular complexity index is 875. The highest BCUT2D eigenvalue weighted by Crippen LogP contribution is 2.25. The number of benzene rings is 2. The number of hydrazone groups is 1. The summed E-state index contributed by atoms with van der Waals surface area (Å²) in [6, 6.07) is 15.0. The summed E-state index contributed by atoms with van der Waals surface area (Å²) in [5.41, 5.74) is 5.74. The lowest BCUT2D eigenvalue weighted by atomic mass is 10.1. The standard InChI is InChI=1S/C18H17N3O2/c1-12-9-18(20-15-6-4-3-5-14(12)15)21-19-11-13-7-8-17(23-2)16(22)10-13/h3-11,22H,1-2H3,(H,20,21)/b19-11-. The number of para-hydroxylation sites is 1. The second kappa shape index (κ2) is 6.36. The summed E-state index contributed by atoms with van der Waals surface area (Å²) in [7, 11) is 1.51. The van der Waals surface area contributed by atoms with Gasteiger partial charge in [-0.2, -0.15) is 5.10 Å². The average molecular weight is 307 g/mol. The van der Waals surface area contributed by atoms with Crippen molar-refractivity contribution in [1.82, 2.24) is 4.98 Å². The zero-order valence-electron chi connectivity index (χ0n) is 12.9. The Morgan fingerprint density at radius 2 is 2.00 bits per heavy atom. The van der Waals surface area contributed by atoms with Crippen LogP contribution in [0.25, 0.3) is 10.9 Å². The first-order valence-electron chi connectivity index (χ1n) is 7.20. The van der Waals surface area contributed by atoms with Crippen LogP contribution in [-0.4, -0.2) is 23.4 Å². The predicted octanol–water partition coefficient (Wildman–Crippen LogP) is 3.70. The number of rotatable bonds is 4. The van der Waals surface area contributed by atoms with E-state index in [0.717, 1.165) is 22.0 Å². The highest BCUT2D eigenvalue weighted by atomic mass is 16.5. The SMILES string of the molecule is COc1ccc(/C=N\Nc2cc(C)c3ccccc3n2)cc1O. The number of pyridine rings is 1. The molecule has 0 spiro atoms. The fourth-order valence-corrected chi connectivity index (χ4v) is 2.37. The molecule has 0 radical (unpaired) electrons. The molecule has 0 aliphatic rings. The van der Waals surface area contributed by atoms with Crippen molar-refractivity contribution in [2.75, 3.05) is 12.5 Å². The first kappa shape index (κ1) is 14.8. The zero-order chi connectivity index (χ0) is 16.2. The second-order valence-corrected chi connectivity index (χ2v) is 5.14. The van der Waals surface area contributed by atoms with Gasteiger partial charge in [0.15, 0.2) is 11.5 Å². The van der Waals surface area contributed by atoms with Gasteiger partial charge in [0.1, 0.15) is 5.82 Å². The van der Waals surface area contributed by atoms with Gasteiger partial charge in [-0.3, -0.25) is 5.43 Å². The number of aromatic hydroxyl groups is 1. The topological polar surface area (TPSA) is 66.7 Å². The summed E-state index contributed by atoms with van der Waals surface area (Å²) in [5, 5.41) is 15.0. The maximum Gasteiger partial charge on any atom is 0.160 e. The van der Waals surface area contributed by atoms with Gasteiger partial charge in [0.05, 0.1) is 18.8 Å². The van der Waals surface area contributed by atoms with Gasteiger partial charge in [0, 0.05) is 5.39 Å². The summed E-state index contributed by atoms with van der Waals surface area (Å²) in [5.74, 6) is 1.19. The van der Waals surface area contributed by atoms with E-state index in [2.05, 4.69) is 15.5 Å². The molecule has 2 N–H and O–H groups in total. The molecule has 5 heteroatoms. The zero-order valence-corrected chi connectivity index (χ0v) is 12.9. The number of nitrogens with one attached hydrogen (secondary N) is 1. The van der Waals surface area contributed by atoms with E-state index in [1.807, 2.05) is 43.3 Å². The van der Waals surface area contributed by atoms with Crippen LogP contribution < -0.4 is 10.2 Å². The maximum atomic E-state index is 9.74. The monoisotopic (exact) mass is 307 g/mol. The molecule has 2 aromatic carbocycles. The van der Waals surface area contributed by atoms with Crippen LogP contribution in [-0.2, 0) is 0 Å². The Kier molecular flexibility index (Phi) is 4.10. The molecule has 0 aliphatic heterocycles. The second-order valence-electron chi connectivity index (χ2n) is 5.14. The van der Waals surface area contributed by atoms with Crippen molar-refractivity contribution in [2.45, 2.75) is 6.92 Å². The Morgan fingerprint density at radius 3 is 2.78 bits per heavy atom. The molecular formula is C18H17N3O2. The van der Waals surface area contributed by atoms with E-state index in [1.165, 1.54) is 7.11 Å². The quantitative estimate of drug-likeness (QED) is 0.569. The molecular weight excluding hydrogens is 290 g/mol. The molecule has 3 rings (SSSR count). The van der Waals surface area contributed by atoms with Crippen LogP contribution >= 0.6 is 0 Å². The Hall–Kier alpha value is -3.08. The molecule has 0 unspecified atom stereocenters. The minimum absolute atomic E-state index is 0.0797. The number of methoxy groups -OCH3 is 1. The third kappa shape index (κ3) is 3.23. The molecule has 5 nitrogen and oxygen atoms in total. The molecule has 0 aliphatic carbocycles. The minimum atomic E-state index is 0.0797. The summed E-state index contributed by atoms with van der Waals surface area (Å²) < 4.78 is 5.01. The summed E-state index contributed by atoms with van der Waals surface area (Å²) in [4.78, 5) is 4.52. The number of anilines is 1. The van der Waals surface area contributed by atoms with Gasteiger partial charge in [0.2, 0.25) is 0 Å². The van der Waals surface area contributed by atoms with Crippen LogP contribution in [0.2, 0.25) is 0 Å². The van der Waals surface area contributed by atoms with E-state index in [1.54, 1.807) is 18.3 Å². The van der Waals surface area contributed by atoms with Gasteiger partial charge < -0.3 is 9.84 Å². The Balaban J connectivity index is 1.79. The molecule has 0 saturated heterocycles. The third-order valence-electron chi connectivity index (χ3n) is 3.52. The van der Waals surface area contributed by atoms with Crippen molar-refractivity contribution in [3.63, 3.8) is 0 Å². The van der Waals surface area contributed by atoms with E-state index in [9.17, 15) is 5.11 Å². The fourth-order valence-electron chi connectivity index (χ4n) is 2.37. The lowest BCUT2D eigenvalue weighted by Crippen LogP contribution is -1.95. The normalized spacial score (nSPS) is 11.0. The average Bonchev–Trinajstić information content (AvgIpc) is 2.55. The largest absolute Gasteiger partial charge is 0.504 e. The van der Waals surface area contributed by atoms with Gasteiger partial charge in [-0.05, 0) is 48.4 Å². The van der Waals surface area contributed by atoms with Gasteiger partial charge >= 0.3 is 0 Å². The van der Waals surface area contributed by atoms with Gasteiger partial charge in [0.25, 0.3) is 0 Å². The van der Waals surface area contributed by atoms with E-state index < -0.39 is 0 Å². The van der Waals surface area contributed by atoms with Gasteiger partial charge in [-0.1, -0.05) is 18.2 Å². The molecule has 0 atom stereocenters. The number of hydrogen-bond donors (Lipinski definition) is 2. The van der Waals surface area contributed by atoms with Crippen LogP contribution in [0.5, 0.6) is 11.5 Å².